The molecule has 0 saturated carbocycles. The monoisotopic (exact) mass is 343 g/mol. The van der Waals surface area contributed by atoms with Crippen molar-refractivity contribution in [2.24, 2.45) is 5.92 Å². The predicted molar refractivity (Wildman–Crippen MR) is 108 cm³/mol. The number of hydrogen-bond acceptors (Lipinski definition) is 2. The molecule has 2 aliphatic heterocycles. The van der Waals surface area contributed by atoms with Gasteiger partial charge in [-0.2, -0.15) is 0 Å². The molecular formula is C24H25NO. The SMILES string of the molecule is CN1C2CCCC1CC(C(=O)c1cc3ccccc3c3ccccc13)C2. The van der Waals surface area contributed by atoms with Crippen LogP contribution in [-0.4, -0.2) is 29.8 Å². The highest BCUT2D eigenvalue weighted by Gasteiger charge is 2.39. The van der Waals surface area contributed by atoms with Gasteiger partial charge in [0.05, 0.1) is 0 Å². The summed E-state index contributed by atoms with van der Waals surface area (Å²) in [6.07, 6.45) is 5.85. The maximum atomic E-state index is 13.6. The van der Waals surface area contributed by atoms with Crippen LogP contribution in [0.2, 0.25) is 0 Å². The summed E-state index contributed by atoms with van der Waals surface area (Å²) in [5.74, 6) is 0.531. The second-order valence-electron chi connectivity index (χ2n) is 8.13. The van der Waals surface area contributed by atoms with Gasteiger partial charge in [0.25, 0.3) is 0 Å². The van der Waals surface area contributed by atoms with E-state index in [-0.39, 0.29) is 5.92 Å². The van der Waals surface area contributed by atoms with Gasteiger partial charge in [-0.3, -0.25) is 4.79 Å². The third-order valence-electron chi connectivity index (χ3n) is 6.74. The van der Waals surface area contributed by atoms with Crippen LogP contribution in [0.1, 0.15) is 42.5 Å². The Morgan fingerprint density at radius 3 is 2.23 bits per heavy atom. The van der Waals surface area contributed by atoms with E-state index >= 15 is 0 Å². The Balaban J connectivity index is 1.61. The molecule has 2 aliphatic rings. The van der Waals surface area contributed by atoms with Crippen molar-refractivity contribution in [2.75, 3.05) is 7.05 Å². The maximum Gasteiger partial charge on any atom is 0.166 e. The van der Waals surface area contributed by atoms with Crippen molar-refractivity contribution < 1.29 is 4.79 Å². The van der Waals surface area contributed by atoms with Crippen LogP contribution in [0.25, 0.3) is 21.5 Å². The molecule has 0 N–H and O–H groups in total. The zero-order chi connectivity index (χ0) is 17.7. The highest BCUT2D eigenvalue weighted by atomic mass is 16.1. The second-order valence-corrected chi connectivity index (χ2v) is 8.13. The molecule has 0 aromatic heterocycles. The predicted octanol–water partition coefficient (Wildman–Crippen LogP) is 5.44. The van der Waals surface area contributed by atoms with Crippen molar-refractivity contribution in [1.82, 2.24) is 4.90 Å². The van der Waals surface area contributed by atoms with Crippen LogP contribution in [0.5, 0.6) is 0 Å². The molecule has 2 nitrogen and oxygen atoms in total. The number of Topliss-reactive ketones (excluding diaryl/α,β-unsaturated/α-hetero) is 1. The minimum atomic E-state index is 0.172. The molecule has 2 atom stereocenters. The van der Waals surface area contributed by atoms with Crippen molar-refractivity contribution in [2.45, 2.75) is 44.2 Å². The summed E-state index contributed by atoms with van der Waals surface area (Å²) in [6, 6.07) is 20.1. The molecule has 3 aromatic rings. The van der Waals surface area contributed by atoms with Crippen molar-refractivity contribution in [3.8, 4) is 0 Å². The number of carbonyl (C=O) groups excluding carboxylic acids is 1. The topological polar surface area (TPSA) is 20.3 Å². The minimum absolute atomic E-state index is 0.172. The van der Waals surface area contributed by atoms with E-state index < -0.39 is 0 Å². The molecule has 3 aromatic carbocycles. The third-order valence-corrected chi connectivity index (χ3v) is 6.74. The lowest BCUT2D eigenvalue weighted by atomic mass is 9.75. The summed E-state index contributed by atoms with van der Waals surface area (Å²) < 4.78 is 0. The van der Waals surface area contributed by atoms with Crippen LogP contribution in [-0.2, 0) is 0 Å². The van der Waals surface area contributed by atoms with E-state index in [1.54, 1.807) is 0 Å². The van der Waals surface area contributed by atoms with Crippen LogP contribution in [0.15, 0.2) is 54.6 Å². The number of nitrogens with zero attached hydrogens (tertiary/aromatic N) is 1. The van der Waals surface area contributed by atoms with Gasteiger partial charge >= 0.3 is 0 Å². The van der Waals surface area contributed by atoms with E-state index in [2.05, 4.69) is 66.5 Å². The van der Waals surface area contributed by atoms with Gasteiger partial charge in [-0.25, -0.2) is 0 Å². The van der Waals surface area contributed by atoms with Crippen molar-refractivity contribution in [3.05, 3.63) is 60.2 Å². The Morgan fingerprint density at radius 1 is 0.885 bits per heavy atom. The van der Waals surface area contributed by atoms with Crippen molar-refractivity contribution >= 4 is 27.3 Å². The third kappa shape index (κ3) is 2.47. The van der Waals surface area contributed by atoms with Gasteiger partial charge < -0.3 is 4.90 Å². The number of ketones is 1. The smallest absolute Gasteiger partial charge is 0.166 e. The molecule has 2 fully saturated rings. The van der Waals surface area contributed by atoms with E-state index in [1.165, 1.54) is 35.4 Å². The summed E-state index contributed by atoms with van der Waals surface area (Å²) in [6.45, 7) is 0. The molecule has 0 spiro atoms. The van der Waals surface area contributed by atoms with Gasteiger partial charge in [-0.05, 0) is 60.3 Å². The van der Waals surface area contributed by atoms with Gasteiger partial charge in [0.2, 0.25) is 0 Å². The first-order chi connectivity index (χ1) is 12.7. The van der Waals surface area contributed by atoms with Crippen LogP contribution in [0.3, 0.4) is 0 Å². The molecule has 2 bridgehead atoms. The highest BCUT2D eigenvalue weighted by molar-refractivity contribution is 6.18. The number of benzene rings is 3. The number of fused-ring (bicyclic) bond motifs is 5. The van der Waals surface area contributed by atoms with Crippen LogP contribution < -0.4 is 0 Å². The van der Waals surface area contributed by atoms with E-state index in [0.717, 1.165) is 23.8 Å². The van der Waals surface area contributed by atoms with Crippen LogP contribution in [0, 0.1) is 5.92 Å². The lowest BCUT2D eigenvalue weighted by molar-refractivity contribution is 0.0339. The molecule has 2 heteroatoms. The first kappa shape index (κ1) is 16.0. The minimum Gasteiger partial charge on any atom is -0.300 e. The van der Waals surface area contributed by atoms with E-state index in [4.69, 9.17) is 0 Å². The quantitative estimate of drug-likeness (QED) is 0.456. The summed E-state index contributed by atoms with van der Waals surface area (Å²) in [5, 5.41) is 4.71. The number of carbonyl (C=O) groups is 1. The van der Waals surface area contributed by atoms with Crippen LogP contribution in [0.4, 0.5) is 0 Å². The molecule has 0 amide bonds. The molecule has 5 rings (SSSR count). The number of rotatable bonds is 2. The largest absolute Gasteiger partial charge is 0.300 e. The van der Waals surface area contributed by atoms with E-state index in [0.29, 0.717) is 17.9 Å². The Kier molecular flexibility index (Phi) is 3.82. The zero-order valence-corrected chi connectivity index (χ0v) is 15.3. The number of piperidine rings is 2. The zero-order valence-electron chi connectivity index (χ0n) is 15.3. The molecule has 0 radical (unpaired) electrons. The fourth-order valence-electron chi connectivity index (χ4n) is 5.31. The molecule has 2 unspecified atom stereocenters. The molecule has 2 saturated heterocycles. The van der Waals surface area contributed by atoms with Gasteiger partial charge in [0.1, 0.15) is 0 Å². The Bertz CT molecular complexity index is 978. The maximum absolute atomic E-state index is 13.6. The first-order valence-electron chi connectivity index (χ1n) is 9.89. The Labute approximate surface area is 154 Å². The molecule has 132 valence electrons. The van der Waals surface area contributed by atoms with Gasteiger partial charge in [-0.1, -0.05) is 55.0 Å². The first-order valence-corrected chi connectivity index (χ1v) is 9.89. The average molecular weight is 343 g/mol. The highest BCUT2D eigenvalue weighted by Crippen LogP contribution is 2.39. The lowest BCUT2D eigenvalue weighted by Gasteiger charge is -2.46. The number of hydrogen-bond donors (Lipinski definition) is 0. The average Bonchev–Trinajstić information content (AvgIpc) is 2.66. The fraction of sp³-hybridized carbons (Fsp3) is 0.375. The fourth-order valence-corrected chi connectivity index (χ4v) is 5.31. The summed E-state index contributed by atoms with van der Waals surface area (Å²) in [7, 11) is 2.25. The lowest BCUT2D eigenvalue weighted by Crippen LogP contribution is -2.51. The summed E-state index contributed by atoms with van der Waals surface area (Å²) in [4.78, 5) is 16.1. The van der Waals surface area contributed by atoms with Gasteiger partial charge in [-0.15, -0.1) is 0 Å². The van der Waals surface area contributed by atoms with Gasteiger partial charge in [0, 0.05) is 23.6 Å². The standard InChI is InChI=1S/C24H25NO/c1-25-18-8-6-9-19(25)14-17(13-18)24(26)23-15-16-7-2-3-10-20(16)21-11-4-5-12-22(21)23/h2-5,7,10-12,15,17-19H,6,8-9,13-14H2,1H3. The van der Waals surface area contributed by atoms with E-state index in [9.17, 15) is 4.79 Å². The molecule has 2 heterocycles. The van der Waals surface area contributed by atoms with Crippen LogP contribution >= 0.6 is 0 Å². The summed E-state index contributed by atoms with van der Waals surface area (Å²) in [5.41, 5.74) is 0.923. The molecule has 26 heavy (non-hydrogen) atoms. The van der Waals surface area contributed by atoms with Crippen molar-refractivity contribution in [3.63, 3.8) is 0 Å². The van der Waals surface area contributed by atoms with E-state index in [1.807, 2.05) is 0 Å². The van der Waals surface area contributed by atoms with Gasteiger partial charge in [0.15, 0.2) is 5.78 Å². The van der Waals surface area contributed by atoms with Crippen molar-refractivity contribution in [1.29, 1.82) is 0 Å². The Morgan fingerprint density at radius 2 is 1.50 bits per heavy atom. The second kappa shape index (κ2) is 6.21. The normalized spacial score (nSPS) is 26.3. The summed E-state index contributed by atoms with van der Waals surface area (Å²) >= 11 is 0. The Hall–Kier alpha value is -2.19. The molecule has 0 aliphatic carbocycles. The molecular weight excluding hydrogens is 318 g/mol.